The van der Waals surface area contributed by atoms with Crippen LogP contribution < -0.4 is 0 Å². The van der Waals surface area contributed by atoms with Crippen molar-refractivity contribution in [3.8, 4) is 0 Å². The first-order valence-corrected chi connectivity index (χ1v) is 12.6. The Morgan fingerprint density at radius 1 is 0.719 bits per heavy atom. The van der Waals surface area contributed by atoms with Crippen LogP contribution in [-0.2, 0) is 6.42 Å². The van der Waals surface area contributed by atoms with Gasteiger partial charge >= 0.3 is 0 Å². The predicted octanol–water partition coefficient (Wildman–Crippen LogP) is 8.76. The number of benzene rings is 1. The molecule has 1 nitrogen and oxygen atoms in total. The second kappa shape index (κ2) is 14.2. The summed E-state index contributed by atoms with van der Waals surface area (Å²) in [5.74, 6) is -5.66. The van der Waals surface area contributed by atoms with Crippen molar-refractivity contribution < 1.29 is 22.7 Å². The van der Waals surface area contributed by atoms with Gasteiger partial charge in [-0.2, -0.15) is 0 Å². The van der Waals surface area contributed by atoms with Gasteiger partial charge in [-0.05, 0) is 55.1 Å². The van der Waals surface area contributed by atoms with Gasteiger partial charge in [0.15, 0.2) is 23.3 Å². The molecule has 0 aliphatic heterocycles. The zero-order valence-corrected chi connectivity index (χ0v) is 20.8. The van der Waals surface area contributed by atoms with Crippen LogP contribution in [0.4, 0.5) is 17.6 Å². The lowest BCUT2D eigenvalue weighted by Crippen LogP contribution is -2.47. The lowest BCUT2D eigenvalue weighted by atomic mass is 9.68. The maximum Gasteiger partial charge on any atom is 0.197 e. The number of rotatable bonds is 16. The minimum Gasteiger partial charge on any atom is -0.389 e. The highest BCUT2D eigenvalue weighted by Crippen LogP contribution is 2.39. The Kier molecular flexibility index (Phi) is 12.9. The van der Waals surface area contributed by atoms with Crippen molar-refractivity contribution in [1.82, 2.24) is 0 Å². The van der Waals surface area contributed by atoms with Crippen molar-refractivity contribution in [1.29, 1.82) is 0 Å². The van der Waals surface area contributed by atoms with Crippen LogP contribution in [-0.4, -0.2) is 10.7 Å². The summed E-state index contributed by atoms with van der Waals surface area (Å²) in [4.78, 5) is 0. The number of hydrogen-bond acceptors (Lipinski definition) is 1. The molecule has 1 atom stereocenters. The summed E-state index contributed by atoms with van der Waals surface area (Å²) in [6, 6.07) is 0.755. The van der Waals surface area contributed by atoms with Crippen molar-refractivity contribution in [3.05, 3.63) is 34.9 Å². The zero-order valence-electron chi connectivity index (χ0n) is 20.8. The lowest BCUT2D eigenvalue weighted by molar-refractivity contribution is -0.102. The minimum atomic E-state index is -1.76. The molecule has 1 unspecified atom stereocenters. The fourth-order valence-corrected chi connectivity index (χ4v) is 5.07. The minimum absolute atomic E-state index is 0.120. The topological polar surface area (TPSA) is 20.2 Å². The Hall–Kier alpha value is -1.10. The van der Waals surface area contributed by atoms with Gasteiger partial charge in [-0.3, -0.25) is 0 Å². The standard InChI is InChI=1S/C27H44F4O/c1-6-7-8-9-10-13-16-22(27(32,19(2)3)20(4)5)17-14-11-12-15-21-18-23(28)25(30)26(31)24(21)29/h18-20,22,32H,6-17H2,1-5H3. The third-order valence-electron chi connectivity index (χ3n) is 7.09. The van der Waals surface area contributed by atoms with Crippen molar-refractivity contribution >= 4 is 0 Å². The molecule has 0 radical (unpaired) electrons. The zero-order chi connectivity index (χ0) is 24.3. The largest absolute Gasteiger partial charge is 0.389 e. The van der Waals surface area contributed by atoms with E-state index in [0.29, 0.717) is 6.42 Å². The van der Waals surface area contributed by atoms with E-state index < -0.39 is 28.9 Å². The van der Waals surface area contributed by atoms with E-state index in [9.17, 15) is 22.7 Å². The molecule has 186 valence electrons. The molecule has 1 aromatic carbocycles. The van der Waals surface area contributed by atoms with Crippen LogP contribution in [0.15, 0.2) is 6.07 Å². The molecule has 0 spiro atoms. The summed E-state index contributed by atoms with van der Waals surface area (Å²) in [6.45, 7) is 10.5. The molecule has 0 amide bonds. The first-order chi connectivity index (χ1) is 15.1. The highest BCUT2D eigenvalue weighted by molar-refractivity contribution is 5.21. The van der Waals surface area contributed by atoms with E-state index in [0.717, 1.165) is 38.2 Å². The van der Waals surface area contributed by atoms with Crippen molar-refractivity contribution in [3.63, 3.8) is 0 Å². The molecule has 1 aromatic rings. The molecule has 1 N–H and O–H groups in total. The van der Waals surface area contributed by atoms with Gasteiger partial charge in [-0.1, -0.05) is 86.0 Å². The van der Waals surface area contributed by atoms with Gasteiger partial charge in [-0.15, -0.1) is 0 Å². The second-order valence-electron chi connectivity index (χ2n) is 10.0. The summed E-state index contributed by atoms with van der Waals surface area (Å²) in [5.41, 5.74) is -0.857. The van der Waals surface area contributed by atoms with E-state index in [4.69, 9.17) is 0 Å². The highest BCUT2D eigenvalue weighted by Gasteiger charge is 2.41. The third kappa shape index (κ3) is 8.04. The lowest BCUT2D eigenvalue weighted by Gasteiger charge is -2.43. The van der Waals surface area contributed by atoms with Gasteiger partial charge in [0.1, 0.15) is 0 Å². The van der Waals surface area contributed by atoms with Crippen molar-refractivity contribution in [2.24, 2.45) is 17.8 Å². The molecule has 0 aromatic heterocycles. The molecule has 32 heavy (non-hydrogen) atoms. The van der Waals surface area contributed by atoms with Crippen LogP contribution in [0.3, 0.4) is 0 Å². The normalized spacial score (nSPS) is 13.4. The fraction of sp³-hybridized carbons (Fsp3) is 0.778. The summed E-state index contributed by atoms with van der Waals surface area (Å²) in [6.07, 6.45) is 11.5. The molecule has 0 heterocycles. The number of unbranched alkanes of at least 4 members (excludes halogenated alkanes) is 7. The Labute approximate surface area is 193 Å². The van der Waals surface area contributed by atoms with Crippen molar-refractivity contribution in [2.45, 2.75) is 117 Å². The van der Waals surface area contributed by atoms with Crippen LogP contribution in [0, 0.1) is 41.0 Å². The van der Waals surface area contributed by atoms with Gasteiger partial charge in [0.05, 0.1) is 5.60 Å². The first-order valence-electron chi connectivity index (χ1n) is 12.6. The summed E-state index contributed by atoms with van der Waals surface area (Å²) in [5, 5.41) is 11.6. The summed E-state index contributed by atoms with van der Waals surface area (Å²) in [7, 11) is 0. The molecule has 0 bridgehead atoms. The first kappa shape index (κ1) is 28.9. The summed E-state index contributed by atoms with van der Waals surface area (Å²) >= 11 is 0. The van der Waals surface area contributed by atoms with Gasteiger partial charge < -0.3 is 5.11 Å². The molecular formula is C27H44F4O. The van der Waals surface area contributed by atoms with E-state index in [2.05, 4.69) is 34.6 Å². The van der Waals surface area contributed by atoms with E-state index in [-0.39, 0.29) is 29.7 Å². The molecule has 0 fully saturated rings. The number of halogens is 4. The van der Waals surface area contributed by atoms with Gasteiger partial charge in [0.2, 0.25) is 0 Å². The number of aliphatic hydroxyl groups is 1. The highest BCUT2D eigenvalue weighted by atomic mass is 19.2. The number of hydrogen-bond donors (Lipinski definition) is 1. The molecule has 0 saturated heterocycles. The summed E-state index contributed by atoms with van der Waals surface area (Å²) < 4.78 is 53.8. The Balaban J connectivity index is 2.64. The van der Waals surface area contributed by atoms with E-state index in [1.165, 1.54) is 32.1 Å². The quantitative estimate of drug-likeness (QED) is 0.113. The van der Waals surface area contributed by atoms with E-state index in [1.54, 1.807) is 0 Å². The van der Waals surface area contributed by atoms with Crippen LogP contribution in [0.1, 0.15) is 111 Å². The fourth-order valence-electron chi connectivity index (χ4n) is 5.07. The molecule has 0 aliphatic carbocycles. The van der Waals surface area contributed by atoms with Crippen molar-refractivity contribution in [2.75, 3.05) is 0 Å². The maximum atomic E-state index is 13.8. The molecule has 0 aliphatic rings. The molecular weight excluding hydrogens is 416 g/mol. The monoisotopic (exact) mass is 460 g/mol. The Morgan fingerprint density at radius 2 is 1.22 bits per heavy atom. The molecule has 0 saturated carbocycles. The smallest absolute Gasteiger partial charge is 0.197 e. The van der Waals surface area contributed by atoms with Gasteiger partial charge in [-0.25, -0.2) is 17.6 Å². The van der Waals surface area contributed by atoms with Crippen LogP contribution >= 0.6 is 0 Å². The Bertz CT molecular complexity index is 664. The maximum absolute atomic E-state index is 13.8. The third-order valence-corrected chi connectivity index (χ3v) is 7.09. The molecule has 1 rings (SSSR count). The van der Waals surface area contributed by atoms with Gasteiger partial charge in [0.25, 0.3) is 0 Å². The average molecular weight is 461 g/mol. The molecule has 5 heteroatoms. The SMILES string of the molecule is CCCCCCCCC(CCCCCc1cc(F)c(F)c(F)c1F)C(O)(C(C)C)C(C)C. The average Bonchev–Trinajstić information content (AvgIpc) is 2.75. The Morgan fingerprint density at radius 3 is 1.75 bits per heavy atom. The van der Waals surface area contributed by atoms with Crippen LogP contribution in [0.2, 0.25) is 0 Å². The van der Waals surface area contributed by atoms with Crippen LogP contribution in [0.5, 0.6) is 0 Å². The predicted molar refractivity (Wildman–Crippen MR) is 125 cm³/mol. The second-order valence-corrected chi connectivity index (χ2v) is 10.0. The van der Waals surface area contributed by atoms with Gasteiger partial charge in [0, 0.05) is 0 Å². The van der Waals surface area contributed by atoms with Crippen LogP contribution in [0.25, 0.3) is 0 Å². The number of aryl methyl sites for hydroxylation is 1. The van der Waals surface area contributed by atoms with E-state index in [1.807, 2.05) is 0 Å². The van der Waals surface area contributed by atoms with E-state index >= 15 is 0 Å².